The third kappa shape index (κ3) is 4.64. The predicted octanol–water partition coefficient (Wildman–Crippen LogP) is 1.99. The lowest BCUT2D eigenvalue weighted by Crippen LogP contribution is -2.47. The van der Waals surface area contributed by atoms with Gasteiger partial charge in [0.15, 0.2) is 0 Å². The van der Waals surface area contributed by atoms with Gasteiger partial charge in [-0.05, 0) is 44.7 Å². The minimum atomic E-state index is -0.658. The molecule has 1 fully saturated rings. The van der Waals surface area contributed by atoms with E-state index in [2.05, 4.69) is 11.8 Å². The Morgan fingerprint density at radius 1 is 1.47 bits per heavy atom. The van der Waals surface area contributed by atoms with E-state index in [9.17, 15) is 9.90 Å². The summed E-state index contributed by atoms with van der Waals surface area (Å²) < 4.78 is 5.01. The first kappa shape index (κ1) is 14.5. The Balaban J connectivity index is 2.38. The molecule has 1 heterocycles. The van der Waals surface area contributed by atoms with Crippen LogP contribution in [0.5, 0.6) is 0 Å². The fraction of sp³-hybridized carbons (Fsp3) is 0.923. The molecule has 1 rings (SSSR count). The highest BCUT2D eigenvalue weighted by Gasteiger charge is 2.31. The van der Waals surface area contributed by atoms with Gasteiger partial charge in [0.2, 0.25) is 0 Å². The molecule has 4 nitrogen and oxygen atoms in total. The van der Waals surface area contributed by atoms with Crippen molar-refractivity contribution in [3.63, 3.8) is 0 Å². The quantitative estimate of drug-likeness (QED) is 0.695. The largest absolute Gasteiger partial charge is 0.480 e. The van der Waals surface area contributed by atoms with Crippen molar-refractivity contribution in [3.05, 3.63) is 0 Å². The Morgan fingerprint density at radius 2 is 2.24 bits per heavy atom. The number of piperidine rings is 1. The molecule has 2 atom stereocenters. The standard InChI is InChI=1S/C13H25NO3/c1-3-11-6-8-14(7-4-5-9-17-2)12(10-11)13(15)16/h11-12H,3-10H2,1-2H3,(H,15,16). The summed E-state index contributed by atoms with van der Waals surface area (Å²) in [6.07, 6.45) is 5.09. The van der Waals surface area contributed by atoms with Crippen LogP contribution in [0.3, 0.4) is 0 Å². The second-order valence-electron chi connectivity index (χ2n) is 4.89. The van der Waals surface area contributed by atoms with Crippen LogP contribution in [0.25, 0.3) is 0 Å². The van der Waals surface area contributed by atoms with Gasteiger partial charge in [-0.2, -0.15) is 0 Å². The maximum Gasteiger partial charge on any atom is 0.320 e. The number of likely N-dealkylation sites (tertiary alicyclic amines) is 1. The number of hydrogen-bond acceptors (Lipinski definition) is 3. The van der Waals surface area contributed by atoms with Crippen molar-refractivity contribution < 1.29 is 14.6 Å². The number of methoxy groups -OCH3 is 1. The van der Waals surface area contributed by atoms with Crippen molar-refractivity contribution in [2.45, 2.75) is 45.1 Å². The zero-order valence-electron chi connectivity index (χ0n) is 11.0. The number of rotatable bonds is 7. The zero-order valence-corrected chi connectivity index (χ0v) is 11.0. The SMILES string of the molecule is CCC1CCN(CCCCOC)C(C(=O)O)C1. The number of aliphatic carboxylic acids is 1. The van der Waals surface area contributed by atoms with Crippen LogP contribution >= 0.6 is 0 Å². The highest BCUT2D eigenvalue weighted by atomic mass is 16.5. The number of carboxylic acid groups (broad SMARTS) is 1. The first-order chi connectivity index (χ1) is 8.19. The Bertz CT molecular complexity index is 233. The fourth-order valence-corrected chi connectivity index (χ4v) is 2.54. The highest BCUT2D eigenvalue weighted by molar-refractivity contribution is 5.73. The molecule has 17 heavy (non-hydrogen) atoms. The molecule has 1 saturated heterocycles. The van der Waals surface area contributed by atoms with Crippen LogP contribution in [-0.2, 0) is 9.53 Å². The molecule has 0 aromatic carbocycles. The topological polar surface area (TPSA) is 49.8 Å². The zero-order chi connectivity index (χ0) is 12.7. The monoisotopic (exact) mass is 243 g/mol. The van der Waals surface area contributed by atoms with Crippen molar-refractivity contribution in [1.82, 2.24) is 4.90 Å². The lowest BCUT2D eigenvalue weighted by Gasteiger charge is -2.36. The lowest BCUT2D eigenvalue weighted by molar-refractivity contribution is -0.145. The van der Waals surface area contributed by atoms with Crippen LogP contribution in [0, 0.1) is 5.92 Å². The van der Waals surface area contributed by atoms with Crippen molar-refractivity contribution >= 4 is 5.97 Å². The third-order valence-electron chi connectivity index (χ3n) is 3.73. The predicted molar refractivity (Wildman–Crippen MR) is 67.1 cm³/mol. The van der Waals surface area contributed by atoms with E-state index in [0.29, 0.717) is 5.92 Å². The molecule has 0 saturated carbocycles. The van der Waals surface area contributed by atoms with Gasteiger partial charge in [-0.1, -0.05) is 13.3 Å². The van der Waals surface area contributed by atoms with Crippen LogP contribution in [0.15, 0.2) is 0 Å². The van der Waals surface area contributed by atoms with Crippen LogP contribution in [-0.4, -0.2) is 48.8 Å². The van der Waals surface area contributed by atoms with Gasteiger partial charge >= 0.3 is 5.97 Å². The van der Waals surface area contributed by atoms with Crippen LogP contribution < -0.4 is 0 Å². The van der Waals surface area contributed by atoms with Crippen molar-refractivity contribution in [2.24, 2.45) is 5.92 Å². The lowest BCUT2D eigenvalue weighted by atomic mass is 9.89. The molecule has 0 aliphatic carbocycles. The van der Waals surface area contributed by atoms with Gasteiger partial charge in [0, 0.05) is 13.7 Å². The molecule has 1 aliphatic heterocycles. The summed E-state index contributed by atoms with van der Waals surface area (Å²) in [5.41, 5.74) is 0. The molecule has 0 spiro atoms. The van der Waals surface area contributed by atoms with Crippen LogP contribution in [0.1, 0.15) is 39.0 Å². The molecular weight excluding hydrogens is 218 g/mol. The van der Waals surface area contributed by atoms with Crippen molar-refractivity contribution in [1.29, 1.82) is 0 Å². The van der Waals surface area contributed by atoms with Gasteiger partial charge in [0.25, 0.3) is 0 Å². The number of nitrogens with zero attached hydrogens (tertiary/aromatic N) is 1. The van der Waals surface area contributed by atoms with Gasteiger partial charge in [-0.15, -0.1) is 0 Å². The smallest absolute Gasteiger partial charge is 0.320 e. The van der Waals surface area contributed by atoms with Gasteiger partial charge < -0.3 is 9.84 Å². The molecule has 0 bridgehead atoms. The summed E-state index contributed by atoms with van der Waals surface area (Å²) >= 11 is 0. The number of hydrogen-bond donors (Lipinski definition) is 1. The van der Waals surface area contributed by atoms with E-state index >= 15 is 0 Å². The van der Waals surface area contributed by atoms with Gasteiger partial charge in [-0.25, -0.2) is 0 Å². The number of ether oxygens (including phenoxy) is 1. The van der Waals surface area contributed by atoms with Crippen LogP contribution in [0.4, 0.5) is 0 Å². The summed E-state index contributed by atoms with van der Waals surface area (Å²) in [6, 6.07) is -0.267. The normalized spacial score (nSPS) is 26.0. The van der Waals surface area contributed by atoms with E-state index in [1.54, 1.807) is 7.11 Å². The summed E-state index contributed by atoms with van der Waals surface area (Å²) in [4.78, 5) is 13.4. The third-order valence-corrected chi connectivity index (χ3v) is 3.73. The van der Waals surface area contributed by atoms with E-state index in [4.69, 9.17) is 4.74 Å². The molecular formula is C13H25NO3. The van der Waals surface area contributed by atoms with Gasteiger partial charge in [0.05, 0.1) is 0 Å². The molecule has 0 aromatic heterocycles. The van der Waals surface area contributed by atoms with E-state index in [1.165, 1.54) is 0 Å². The maximum atomic E-state index is 11.2. The number of carboxylic acids is 1. The van der Waals surface area contributed by atoms with E-state index in [1.807, 2.05) is 0 Å². The van der Waals surface area contributed by atoms with E-state index < -0.39 is 5.97 Å². The van der Waals surface area contributed by atoms with Crippen molar-refractivity contribution in [3.8, 4) is 0 Å². The first-order valence-corrected chi connectivity index (χ1v) is 6.64. The molecule has 1 N–H and O–H groups in total. The Labute approximate surface area is 104 Å². The van der Waals surface area contributed by atoms with Crippen molar-refractivity contribution in [2.75, 3.05) is 26.8 Å². The Kier molecular flexibility index (Phi) is 6.52. The number of carbonyl (C=O) groups is 1. The summed E-state index contributed by atoms with van der Waals surface area (Å²) in [5.74, 6) is -0.0683. The average molecular weight is 243 g/mol. The van der Waals surface area contributed by atoms with Gasteiger partial charge in [-0.3, -0.25) is 9.69 Å². The molecule has 1 aliphatic rings. The minimum Gasteiger partial charge on any atom is -0.480 e. The average Bonchev–Trinajstić information content (AvgIpc) is 2.34. The van der Waals surface area contributed by atoms with Gasteiger partial charge in [0.1, 0.15) is 6.04 Å². The first-order valence-electron chi connectivity index (χ1n) is 6.64. The highest BCUT2D eigenvalue weighted by Crippen LogP contribution is 2.25. The molecule has 0 radical (unpaired) electrons. The fourth-order valence-electron chi connectivity index (χ4n) is 2.54. The molecule has 2 unspecified atom stereocenters. The minimum absolute atomic E-state index is 0.267. The molecule has 100 valence electrons. The Morgan fingerprint density at radius 3 is 2.82 bits per heavy atom. The van der Waals surface area contributed by atoms with E-state index in [-0.39, 0.29) is 6.04 Å². The Hall–Kier alpha value is -0.610. The van der Waals surface area contributed by atoms with E-state index in [0.717, 1.165) is 51.8 Å². The second kappa shape index (κ2) is 7.67. The molecule has 0 aromatic rings. The number of unbranched alkanes of at least 4 members (excludes halogenated alkanes) is 1. The maximum absolute atomic E-state index is 11.2. The van der Waals surface area contributed by atoms with Crippen LogP contribution in [0.2, 0.25) is 0 Å². The summed E-state index contributed by atoms with van der Waals surface area (Å²) in [6.45, 7) is 4.74. The summed E-state index contributed by atoms with van der Waals surface area (Å²) in [7, 11) is 1.70. The molecule has 0 amide bonds. The summed E-state index contributed by atoms with van der Waals surface area (Å²) in [5, 5.41) is 9.26. The second-order valence-corrected chi connectivity index (χ2v) is 4.89. The molecule has 4 heteroatoms.